The highest BCUT2D eigenvalue weighted by Crippen LogP contribution is 2.50. The molecule has 1 aliphatic heterocycles. The summed E-state index contributed by atoms with van der Waals surface area (Å²) >= 11 is 0. The second kappa shape index (κ2) is 6.68. The molecule has 2 fully saturated rings. The molecule has 6 heteroatoms. The molecule has 0 bridgehead atoms. The SMILES string of the molecule is COc1ccc(C2(C(=O)N3CCCN3C(=O)c3cncc(C)c3)CC2)cc1. The third kappa shape index (κ3) is 3.05. The maximum absolute atomic E-state index is 13.4. The molecule has 6 nitrogen and oxygen atoms in total. The minimum atomic E-state index is -0.514. The predicted octanol–water partition coefficient (Wildman–Crippen LogP) is 2.72. The molecule has 0 N–H and O–H groups in total. The Bertz CT molecular complexity index is 874. The summed E-state index contributed by atoms with van der Waals surface area (Å²) in [7, 11) is 1.63. The number of amides is 2. The van der Waals surface area contributed by atoms with Crippen LogP contribution in [0.25, 0.3) is 0 Å². The predicted molar refractivity (Wildman–Crippen MR) is 100 cm³/mol. The van der Waals surface area contributed by atoms with E-state index in [0.29, 0.717) is 18.7 Å². The maximum Gasteiger partial charge on any atom is 0.274 e. The molecule has 2 amide bonds. The van der Waals surface area contributed by atoms with E-state index in [0.717, 1.165) is 36.1 Å². The third-order valence-electron chi connectivity index (χ3n) is 5.42. The summed E-state index contributed by atoms with van der Waals surface area (Å²) in [5, 5.41) is 3.23. The Balaban J connectivity index is 1.58. The second-order valence-electron chi connectivity index (χ2n) is 7.27. The summed E-state index contributed by atoms with van der Waals surface area (Å²) < 4.78 is 5.22. The first-order chi connectivity index (χ1) is 13.0. The molecule has 1 aromatic carbocycles. The van der Waals surface area contributed by atoms with Gasteiger partial charge < -0.3 is 4.74 Å². The summed E-state index contributed by atoms with van der Waals surface area (Å²) in [5.41, 5.74) is 1.92. The van der Waals surface area contributed by atoms with Crippen LogP contribution in [0.4, 0.5) is 0 Å². The largest absolute Gasteiger partial charge is 0.497 e. The Morgan fingerprint density at radius 3 is 2.41 bits per heavy atom. The van der Waals surface area contributed by atoms with Gasteiger partial charge in [0.25, 0.3) is 11.8 Å². The van der Waals surface area contributed by atoms with E-state index in [4.69, 9.17) is 4.74 Å². The van der Waals surface area contributed by atoms with E-state index >= 15 is 0 Å². The number of hydrogen-bond acceptors (Lipinski definition) is 4. The van der Waals surface area contributed by atoms with E-state index < -0.39 is 5.41 Å². The van der Waals surface area contributed by atoms with Crippen molar-refractivity contribution in [1.82, 2.24) is 15.0 Å². The normalized spacial score (nSPS) is 17.7. The molecule has 0 spiro atoms. The van der Waals surface area contributed by atoms with Gasteiger partial charge in [0, 0.05) is 25.5 Å². The summed E-state index contributed by atoms with van der Waals surface area (Å²) in [6.07, 6.45) is 5.68. The number of aryl methyl sites for hydroxylation is 1. The molecule has 1 aliphatic carbocycles. The highest BCUT2D eigenvalue weighted by Gasteiger charge is 2.55. The molecule has 1 saturated heterocycles. The number of methoxy groups -OCH3 is 1. The summed E-state index contributed by atoms with van der Waals surface area (Å²) in [6, 6.07) is 9.49. The second-order valence-corrected chi connectivity index (χ2v) is 7.27. The minimum Gasteiger partial charge on any atom is -0.497 e. The molecule has 4 rings (SSSR count). The fourth-order valence-corrected chi connectivity index (χ4v) is 3.76. The molecule has 0 radical (unpaired) electrons. The molecule has 1 aromatic heterocycles. The van der Waals surface area contributed by atoms with Crippen molar-refractivity contribution in [1.29, 1.82) is 0 Å². The van der Waals surface area contributed by atoms with E-state index in [2.05, 4.69) is 4.98 Å². The van der Waals surface area contributed by atoms with Gasteiger partial charge >= 0.3 is 0 Å². The van der Waals surface area contributed by atoms with Gasteiger partial charge in [0.15, 0.2) is 0 Å². The molecule has 140 valence electrons. The van der Waals surface area contributed by atoms with Gasteiger partial charge in [-0.2, -0.15) is 0 Å². The number of carbonyl (C=O) groups is 2. The highest BCUT2D eigenvalue weighted by atomic mass is 16.5. The first-order valence-corrected chi connectivity index (χ1v) is 9.25. The first-order valence-electron chi connectivity index (χ1n) is 9.25. The minimum absolute atomic E-state index is 0.0131. The quantitative estimate of drug-likeness (QED) is 0.836. The Labute approximate surface area is 158 Å². The van der Waals surface area contributed by atoms with E-state index in [-0.39, 0.29) is 11.8 Å². The van der Waals surface area contributed by atoms with Crippen molar-refractivity contribution in [2.24, 2.45) is 0 Å². The number of ether oxygens (including phenoxy) is 1. The van der Waals surface area contributed by atoms with Crippen molar-refractivity contribution in [3.8, 4) is 5.75 Å². The zero-order valence-electron chi connectivity index (χ0n) is 15.6. The lowest BCUT2D eigenvalue weighted by Gasteiger charge is -2.31. The average Bonchev–Trinajstić information content (AvgIpc) is 3.36. The van der Waals surface area contributed by atoms with Crippen molar-refractivity contribution in [2.75, 3.05) is 20.2 Å². The molecular formula is C21H23N3O3. The van der Waals surface area contributed by atoms with E-state index in [1.54, 1.807) is 29.5 Å². The van der Waals surface area contributed by atoms with Crippen LogP contribution in [0.2, 0.25) is 0 Å². The fourth-order valence-electron chi connectivity index (χ4n) is 3.76. The van der Waals surface area contributed by atoms with Gasteiger partial charge in [0.1, 0.15) is 5.75 Å². The van der Waals surface area contributed by atoms with Crippen LogP contribution in [-0.4, -0.2) is 47.0 Å². The zero-order valence-corrected chi connectivity index (χ0v) is 15.6. The fraction of sp³-hybridized carbons (Fsp3) is 0.381. The lowest BCUT2D eigenvalue weighted by molar-refractivity contribution is -0.143. The number of pyridine rings is 1. The summed E-state index contributed by atoms with van der Waals surface area (Å²) in [4.78, 5) is 30.4. The van der Waals surface area contributed by atoms with Crippen molar-refractivity contribution in [3.05, 3.63) is 59.4 Å². The van der Waals surface area contributed by atoms with Gasteiger partial charge in [-0.15, -0.1) is 0 Å². The van der Waals surface area contributed by atoms with Crippen molar-refractivity contribution in [2.45, 2.75) is 31.6 Å². The average molecular weight is 365 g/mol. The Kier molecular flexibility index (Phi) is 4.34. The number of nitrogens with zero attached hydrogens (tertiary/aromatic N) is 3. The van der Waals surface area contributed by atoms with Gasteiger partial charge in [-0.05, 0) is 55.5 Å². The van der Waals surface area contributed by atoms with Crippen LogP contribution in [0.5, 0.6) is 5.75 Å². The smallest absolute Gasteiger partial charge is 0.274 e. The summed E-state index contributed by atoms with van der Waals surface area (Å²) in [5.74, 6) is 0.619. The van der Waals surface area contributed by atoms with Crippen LogP contribution in [0.1, 0.15) is 40.7 Å². The van der Waals surface area contributed by atoms with E-state index in [9.17, 15) is 9.59 Å². The Morgan fingerprint density at radius 1 is 1.07 bits per heavy atom. The van der Waals surface area contributed by atoms with Crippen LogP contribution in [0.15, 0.2) is 42.7 Å². The number of aromatic nitrogens is 1. The molecule has 2 aromatic rings. The van der Waals surface area contributed by atoms with Crippen molar-refractivity contribution < 1.29 is 14.3 Å². The van der Waals surface area contributed by atoms with Crippen LogP contribution < -0.4 is 4.74 Å². The van der Waals surface area contributed by atoms with E-state index in [1.807, 2.05) is 37.3 Å². The molecular weight excluding hydrogens is 342 g/mol. The summed E-state index contributed by atoms with van der Waals surface area (Å²) in [6.45, 7) is 3.03. The van der Waals surface area contributed by atoms with Crippen LogP contribution in [-0.2, 0) is 10.2 Å². The van der Waals surface area contributed by atoms with Gasteiger partial charge in [-0.1, -0.05) is 12.1 Å². The first kappa shape index (κ1) is 17.5. The van der Waals surface area contributed by atoms with Gasteiger partial charge in [0.2, 0.25) is 0 Å². The van der Waals surface area contributed by atoms with Gasteiger partial charge in [-0.25, -0.2) is 5.01 Å². The Hall–Kier alpha value is -2.89. The van der Waals surface area contributed by atoms with Crippen LogP contribution in [0, 0.1) is 6.92 Å². The highest BCUT2D eigenvalue weighted by molar-refractivity contribution is 5.98. The lowest BCUT2D eigenvalue weighted by Crippen LogP contribution is -2.49. The number of hydrogen-bond donors (Lipinski definition) is 0. The topological polar surface area (TPSA) is 62.7 Å². The number of carbonyl (C=O) groups excluding carboxylic acids is 2. The van der Waals surface area contributed by atoms with Crippen molar-refractivity contribution in [3.63, 3.8) is 0 Å². The van der Waals surface area contributed by atoms with Gasteiger partial charge in [0.05, 0.1) is 18.1 Å². The maximum atomic E-state index is 13.4. The van der Waals surface area contributed by atoms with Gasteiger partial charge in [-0.3, -0.25) is 19.6 Å². The molecule has 2 heterocycles. The van der Waals surface area contributed by atoms with Crippen molar-refractivity contribution >= 4 is 11.8 Å². The number of rotatable bonds is 4. The van der Waals surface area contributed by atoms with E-state index in [1.165, 1.54) is 0 Å². The van der Waals surface area contributed by atoms with Crippen LogP contribution in [0.3, 0.4) is 0 Å². The Morgan fingerprint density at radius 2 is 1.78 bits per heavy atom. The third-order valence-corrected chi connectivity index (χ3v) is 5.42. The standard InChI is InChI=1S/C21H23N3O3/c1-15-12-16(14-22-13-15)19(25)23-10-3-11-24(23)20(26)21(8-9-21)17-4-6-18(27-2)7-5-17/h4-7,12-14H,3,8-11H2,1-2H3. The number of hydrazine groups is 1. The number of benzene rings is 1. The molecule has 1 saturated carbocycles. The molecule has 2 aliphatic rings. The molecule has 0 unspecified atom stereocenters. The van der Waals surface area contributed by atoms with Crippen LogP contribution >= 0.6 is 0 Å². The zero-order chi connectivity index (χ0) is 19.0. The molecule has 27 heavy (non-hydrogen) atoms. The monoisotopic (exact) mass is 365 g/mol. The molecule has 0 atom stereocenters. The lowest BCUT2D eigenvalue weighted by atomic mass is 9.94.